The van der Waals surface area contributed by atoms with Crippen LogP contribution < -0.4 is 16.0 Å². The van der Waals surface area contributed by atoms with E-state index >= 15 is 0 Å². The van der Waals surface area contributed by atoms with Crippen LogP contribution in [0, 0.1) is 20.2 Å². The number of phenolic OH excluding ortho intramolecular Hbond substituents is 1. The van der Waals surface area contributed by atoms with E-state index in [0.29, 0.717) is 11.1 Å². The molecule has 0 spiro atoms. The summed E-state index contributed by atoms with van der Waals surface area (Å²) in [6, 6.07) is 7.24. The van der Waals surface area contributed by atoms with E-state index in [1.165, 1.54) is 30.5 Å². The minimum absolute atomic E-state index is 0.0230. The Morgan fingerprint density at radius 1 is 1.06 bits per heavy atom. The maximum absolute atomic E-state index is 11.6. The smallest absolute Gasteiger partial charge is 0.320 e. The summed E-state index contributed by atoms with van der Waals surface area (Å²) >= 11 is 0. The zero-order valence-corrected chi connectivity index (χ0v) is 17.3. The number of carboxylic acid groups (broad SMARTS) is 1. The molecule has 13 heteroatoms. The zero-order valence-electron chi connectivity index (χ0n) is 17.3. The van der Waals surface area contributed by atoms with E-state index in [0.717, 1.165) is 12.1 Å². The van der Waals surface area contributed by atoms with Crippen LogP contribution in [0.3, 0.4) is 0 Å². The predicted octanol–water partition coefficient (Wildman–Crippen LogP) is 2.23. The van der Waals surface area contributed by atoms with Crippen molar-refractivity contribution in [3.8, 4) is 17.2 Å². The molecule has 5 N–H and O–H groups in total. The maximum atomic E-state index is 11.6. The van der Waals surface area contributed by atoms with Crippen molar-refractivity contribution in [2.24, 2.45) is 5.73 Å². The molecule has 0 aliphatic heterocycles. The van der Waals surface area contributed by atoms with Crippen molar-refractivity contribution < 1.29 is 29.6 Å². The van der Waals surface area contributed by atoms with Gasteiger partial charge in [0.05, 0.1) is 9.85 Å². The van der Waals surface area contributed by atoms with E-state index in [2.05, 4.69) is 4.98 Å². The highest BCUT2D eigenvalue weighted by Crippen LogP contribution is 2.42. The summed E-state index contributed by atoms with van der Waals surface area (Å²) in [5.41, 5.74) is 4.59. The summed E-state index contributed by atoms with van der Waals surface area (Å²) in [6.07, 6.45) is 1.24. The monoisotopic (exact) mass is 470 g/mol. The van der Waals surface area contributed by atoms with Crippen molar-refractivity contribution >= 4 is 17.3 Å². The van der Waals surface area contributed by atoms with Gasteiger partial charge < -0.3 is 25.7 Å². The van der Waals surface area contributed by atoms with Gasteiger partial charge in [0.25, 0.3) is 5.75 Å². The number of carboxylic acids is 1. The predicted molar refractivity (Wildman–Crippen MR) is 117 cm³/mol. The molecule has 0 saturated heterocycles. The third-order valence-corrected chi connectivity index (χ3v) is 4.79. The molecule has 2 aromatic carbocycles. The number of benzene rings is 2. The number of aromatic amines is 1. The van der Waals surface area contributed by atoms with E-state index in [1.807, 2.05) is 0 Å². The molecule has 34 heavy (non-hydrogen) atoms. The van der Waals surface area contributed by atoms with Crippen LogP contribution >= 0.6 is 0 Å². The first-order valence-corrected chi connectivity index (χ1v) is 9.66. The second-order valence-electron chi connectivity index (χ2n) is 7.26. The van der Waals surface area contributed by atoms with Crippen LogP contribution in [0.4, 0.5) is 11.4 Å². The highest BCUT2D eigenvalue weighted by molar-refractivity contribution is 5.74. The number of aliphatic carboxylic acids is 1. The third-order valence-electron chi connectivity index (χ3n) is 4.79. The van der Waals surface area contributed by atoms with Gasteiger partial charge in [0.1, 0.15) is 17.5 Å². The Kier molecular flexibility index (Phi) is 6.87. The number of hydrogen-bond donors (Lipinski definition) is 4. The number of ether oxygens (including phenoxy) is 1. The summed E-state index contributed by atoms with van der Waals surface area (Å²) in [7, 11) is 0. The first-order chi connectivity index (χ1) is 16.0. The van der Waals surface area contributed by atoms with Crippen molar-refractivity contribution in [2.45, 2.75) is 18.9 Å². The Hall–Kier alpha value is -4.78. The van der Waals surface area contributed by atoms with Gasteiger partial charge in [0.15, 0.2) is 0 Å². The first kappa shape index (κ1) is 23.9. The average molecular weight is 470 g/mol. The number of nitro benzene ring substituents is 2. The van der Waals surface area contributed by atoms with E-state index in [4.69, 9.17) is 15.6 Å². The quantitative estimate of drug-likeness (QED) is 0.264. The number of phenols is 1. The van der Waals surface area contributed by atoms with E-state index in [-0.39, 0.29) is 35.5 Å². The third kappa shape index (κ3) is 5.52. The number of aromatic hydroxyl groups is 1. The molecule has 0 fully saturated rings. The molecule has 0 radical (unpaired) electrons. The number of nitrogens with zero attached hydrogens (tertiary/aromatic N) is 2. The Morgan fingerprint density at radius 3 is 2.24 bits per heavy atom. The van der Waals surface area contributed by atoms with Crippen molar-refractivity contribution in [3.63, 3.8) is 0 Å². The molecule has 0 unspecified atom stereocenters. The van der Waals surface area contributed by atoms with Crippen LogP contribution in [0.25, 0.3) is 0 Å². The number of aromatic nitrogens is 1. The number of nitrogens with one attached hydrogen (secondary N) is 1. The molecular weight excluding hydrogens is 452 g/mol. The van der Waals surface area contributed by atoms with Crippen molar-refractivity contribution in [1.82, 2.24) is 4.98 Å². The second-order valence-corrected chi connectivity index (χ2v) is 7.26. The molecule has 0 bridgehead atoms. The molecule has 176 valence electrons. The molecule has 0 aliphatic carbocycles. The zero-order chi connectivity index (χ0) is 25.0. The number of H-pyrrole nitrogens is 1. The number of nitrogens with two attached hydrogens (primary N) is 1. The maximum Gasteiger partial charge on any atom is 0.320 e. The fraction of sp³-hybridized carbons (Fsp3) is 0.143. The molecule has 3 rings (SSSR count). The highest BCUT2D eigenvalue weighted by atomic mass is 16.6. The Labute approximate surface area is 190 Å². The standard InChI is InChI=1S/C21H18N4O9/c22-15(21(28)29)6-12-7-16(24(30)31)20(17(8-12)25(32)33)34-14-2-3-18(26)13(9-14)5-11-1-4-19(27)23-10-11/h1-4,7-10,15,26H,5-6,22H2,(H,23,27)(H,28,29)/t15-/m1/s1. The number of hydrogen-bond acceptors (Lipinski definition) is 9. The van der Waals surface area contributed by atoms with E-state index in [9.17, 15) is 34.9 Å². The summed E-state index contributed by atoms with van der Waals surface area (Å²) < 4.78 is 5.52. The lowest BCUT2D eigenvalue weighted by Crippen LogP contribution is -2.32. The average Bonchev–Trinajstić information content (AvgIpc) is 2.77. The molecule has 13 nitrogen and oxygen atoms in total. The molecule has 1 heterocycles. The number of carbonyl (C=O) groups is 1. The summed E-state index contributed by atoms with van der Waals surface area (Å²) in [5.74, 6) is -2.19. The highest BCUT2D eigenvalue weighted by Gasteiger charge is 2.30. The molecular formula is C21H18N4O9. The summed E-state index contributed by atoms with van der Waals surface area (Å²) in [6.45, 7) is 0. The van der Waals surface area contributed by atoms with Crippen LogP contribution in [-0.4, -0.2) is 37.1 Å². The van der Waals surface area contributed by atoms with Crippen LogP contribution in [0.5, 0.6) is 17.2 Å². The Morgan fingerprint density at radius 2 is 1.71 bits per heavy atom. The Bertz CT molecular complexity index is 1280. The largest absolute Gasteiger partial charge is 0.508 e. The van der Waals surface area contributed by atoms with Gasteiger partial charge in [-0.1, -0.05) is 6.07 Å². The van der Waals surface area contributed by atoms with Gasteiger partial charge in [-0.25, -0.2) is 0 Å². The van der Waals surface area contributed by atoms with Gasteiger partial charge in [-0.05, 0) is 35.7 Å². The van der Waals surface area contributed by atoms with Gasteiger partial charge >= 0.3 is 17.3 Å². The molecule has 0 amide bonds. The lowest BCUT2D eigenvalue weighted by Gasteiger charge is -2.12. The molecule has 3 aromatic rings. The molecule has 0 saturated carbocycles. The molecule has 1 atom stereocenters. The molecule has 0 aliphatic rings. The molecule has 1 aromatic heterocycles. The first-order valence-electron chi connectivity index (χ1n) is 9.66. The van der Waals surface area contributed by atoms with E-state index < -0.39 is 39.0 Å². The summed E-state index contributed by atoms with van der Waals surface area (Å²) in [4.78, 5) is 46.2. The summed E-state index contributed by atoms with van der Waals surface area (Å²) in [5, 5.41) is 42.4. The number of pyridine rings is 1. The fourth-order valence-electron chi connectivity index (χ4n) is 3.15. The van der Waals surface area contributed by atoms with Crippen LogP contribution in [0.15, 0.2) is 53.5 Å². The lowest BCUT2D eigenvalue weighted by atomic mass is 10.0. The minimum Gasteiger partial charge on any atom is -0.508 e. The fourth-order valence-corrected chi connectivity index (χ4v) is 3.15. The number of nitro groups is 2. The SMILES string of the molecule is N[C@H](Cc1cc([N+](=O)[O-])c(Oc2ccc(O)c(Cc3ccc(=O)[nH]c3)c2)c([N+](=O)[O-])c1)C(=O)O. The second kappa shape index (κ2) is 9.79. The van der Waals surface area contributed by atoms with Crippen molar-refractivity contribution in [1.29, 1.82) is 0 Å². The van der Waals surface area contributed by atoms with E-state index in [1.54, 1.807) is 6.07 Å². The van der Waals surface area contributed by atoms with Crippen LogP contribution in [0.2, 0.25) is 0 Å². The van der Waals surface area contributed by atoms with Crippen LogP contribution in [-0.2, 0) is 17.6 Å². The van der Waals surface area contributed by atoms with Gasteiger partial charge in [0, 0.05) is 36.4 Å². The lowest BCUT2D eigenvalue weighted by molar-refractivity contribution is -0.395. The van der Waals surface area contributed by atoms with Gasteiger partial charge in [-0.15, -0.1) is 0 Å². The number of rotatable bonds is 9. The van der Waals surface area contributed by atoms with Gasteiger partial charge in [-0.2, -0.15) is 0 Å². The normalized spacial score (nSPS) is 11.6. The van der Waals surface area contributed by atoms with Gasteiger partial charge in [0.2, 0.25) is 5.56 Å². The van der Waals surface area contributed by atoms with Gasteiger partial charge in [-0.3, -0.25) is 29.8 Å². The van der Waals surface area contributed by atoms with Crippen molar-refractivity contribution in [3.05, 3.63) is 95.9 Å². The minimum atomic E-state index is -1.42. The Balaban J connectivity index is 2.01. The van der Waals surface area contributed by atoms with Crippen LogP contribution in [0.1, 0.15) is 16.7 Å². The topological polar surface area (TPSA) is 212 Å². The van der Waals surface area contributed by atoms with Crippen molar-refractivity contribution in [2.75, 3.05) is 0 Å².